The molecule has 1 saturated heterocycles. The topological polar surface area (TPSA) is 67.6 Å². The van der Waals surface area contributed by atoms with Crippen LogP contribution >= 0.6 is 0 Å². The summed E-state index contributed by atoms with van der Waals surface area (Å²) in [5.41, 5.74) is 4.95. The Morgan fingerprint density at radius 1 is 1.43 bits per heavy atom. The van der Waals surface area contributed by atoms with Gasteiger partial charge < -0.3 is 20.7 Å². The number of ether oxygens (including phenoxy) is 1. The van der Waals surface area contributed by atoms with Gasteiger partial charge in [0.25, 0.3) is 0 Å². The van der Waals surface area contributed by atoms with Gasteiger partial charge in [-0.25, -0.2) is 0 Å². The van der Waals surface area contributed by atoms with Crippen molar-refractivity contribution in [2.75, 3.05) is 33.4 Å². The van der Waals surface area contributed by atoms with E-state index < -0.39 is 5.54 Å². The second-order valence-corrected chi connectivity index (χ2v) is 6.92. The van der Waals surface area contributed by atoms with Crippen molar-refractivity contribution in [3.05, 3.63) is 0 Å². The van der Waals surface area contributed by atoms with Gasteiger partial charge in [-0.2, -0.15) is 0 Å². The van der Waals surface area contributed by atoms with Crippen molar-refractivity contribution in [1.82, 2.24) is 10.2 Å². The van der Waals surface area contributed by atoms with E-state index in [1.807, 2.05) is 20.8 Å². The zero-order valence-corrected chi connectivity index (χ0v) is 14.2. The fourth-order valence-electron chi connectivity index (χ4n) is 3.07. The predicted molar refractivity (Wildman–Crippen MR) is 86.1 cm³/mol. The number of nitrogens with two attached hydrogens (primary N) is 1. The highest BCUT2D eigenvalue weighted by Gasteiger charge is 2.30. The molecule has 1 atom stereocenters. The highest BCUT2D eigenvalue weighted by molar-refractivity contribution is 5.84. The summed E-state index contributed by atoms with van der Waals surface area (Å²) in [6.45, 7) is 9.91. The molecule has 1 unspecified atom stereocenters. The van der Waals surface area contributed by atoms with Gasteiger partial charge in [0, 0.05) is 25.8 Å². The quantitative estimate of drug-likeness (QED) is 0.675. The van der Waals surface area contributed by atoms with Crippen LogP contribution in [0.15, 0.2) is 0 Å². The molecule has 0 radical (unpaired) electrons. The number of hydrogen-bond donors (Lipinski definition) is 2. The Hall–Kier alpha value is -0.650. The molecule has 0 aromatic rings. The van der Waals surface area contributed by atoms with Gasteiger partial charge in [-0.05, 0) is 66.0 Å². The first kappa shape index (κ1) is 18.4. The van der Waals surface area contributed by atoms with Gasteiger partial charge in [0.2, 0.25) is 5.91 Å². The van der Waals surface area contributed by atoms with Gasteiger partial charge in [0.15, 0.2) is 0 Å². The molecule has 1 heterocycles. The van der Waals surface area contributed by atoms with Crippen LogP contribution in [0.4, 0.5) is 0 Å². The summed E-state index contributed by atoms with van der Waals surface area (Å²) in [6.07, 6.45) is 4.08. The Morgan fingerprint density at radius 2 is 2.05 bits per heavy atom. The molecule has 0 saturated carbocycles. The van der Waals surface area contributed by atoms with Crippen LogP contribution in [0.1, 0.15) is 46.5 Å². The van der Waals surface area contributed by atoms with Gasteiger partial charge in [0.05, 0.1) is 5.54 Å². The third-order valence-corrected chi connectivity index (χ3v) is 4.28. The number of carbonyl (C=O) groups excluding carboxylic acids is 1. The molecule has 5 nitrogen and oxygen atoms in total. The molecule has 3 N–H and O–H groups in total. The average molecular weight is 299 g/mol. The molecular formula is C16H33N3O2. The second-order valence-electron chi connectivity index (χ2n) is 6.92. The maximum atomic E-state index is 11.7. The van der Waals surface area contributed by atoms with Crippen molar-refractivity contribution in [1.29, 1.82) is 0 Å². The van der Waals surface area contributed by atoms with E-state index in [1.54, 1.807) is 0 Å². The largest absolute Gasteiger partial charge is 0.381 e. The summed E-state index contributed by atoms with van der Waals surface area (Å²) in [5.74, 6) is 0.489. The van der Waals surface area contributed by atoms with E-state index >= 15 is 0 Å². The van der Waals surface area contributed by atoms with Crippen molar-refractivity contribution in [2.45, 2.75) is 58.0 Å². The van der Waals surface area contributed by atoms with Crippen LogP contribution in [0.25, 0.3) is 0 Å². The molecule has 21 heavy (non-hydrogen) atoms. The van der Waals surface area contributed by atoms with Crippen molar-refractivity contribution < 1.29 is 9.53 Å². The lowest BCUT2D eigenvalue weighted by Crippen LogP contribution is -2.55. The minimum Gasteiger partial charge on any atom is -0.381 e. The summed E-state index contributed by atoms with van der Waals surface area (Å²) in [7, 11) is 2.16. The van der Waals surface area contributed by atoms with Gasteiger partial charge in [-0.3, -0.25) is 4.79 Å². The first-order chi connectivity index (χ1) is 9.83. The van der Waals surface area contributed by atoms with Gasteiger partial charge in [-0.1, -0.05) is 0 Å². The molecule has 1 aliphatic heterocycles. The maximum Gasteiger partial charge on any atom is 0.237 e. The zero-order chi connectivity index (χ0) is 15.9. The molecule has 0 spiro atoms. The smallest absolute Gasteiger partial charge is 0.237 e. The van der Waals surface area contributed by atoms with Crippen LogP contribution in [0.3, 0.4) is 0 Å². The van der Waals surface area contributed by atoms with E-state index in [-0.39, 0.29) is 11.9 Å². The Kier molecular flexibility index (Phi) is 7.63. The van der Waals surface area contributed by atoms with Crippen molar-refractivity contribution in [2.24, 2.45) is 11.7 Å². The van der Waals surface area contributed by atoms with Crippen LogP contribution in [0.5, 0.6) is 0 Å². The molecular weight excluding hydrogens is 266 g/mol. The highest BCUT2D eigenvalue weighted by atomic mass is 16.5. The molecule has 1 aliphatic rings. The Balaban J connectivity index is 2.30. The second kappa shape index (κ2) is 8.71. The minimum absolute atomic E-state index is 0.252. The van der Waals surface area contributed by atoms with Crippen LogP contribution in [-0.2, 0) is 9.53 Å². The normalized spacial score (nSPS) is 19.9. The number of carbonyl (C=O) groups is 1. The number of nitrogens with one attached hydrogen (secondary N) is 1. The third-order valence-electron chi connectivity index (χ3n) is 4.28. The molecule has 124 valence electrons. The first-order valence-electron chi connectivity index (χ1n) is 8.17. The van der Waals surface area contributed by atoms with E-state index in [4.69, 9.17) is 10.5 Å². The summed E-state index contributed by atoms with van der Waals surface area (Å²) < 4.78 is 5.39. The molecule has 0 aliphatic carbocycles. The number of primary amides is 1. The van der Waals surface area contributed by atoms with Crippen LogP contribution in [0.2, 0.25) is 0 Å². The van der Waals surface area contributed by atoms with E-state index in [1.165, 1.54) is 0 Å². The van der Waals surface area contributed by atoms with Crippen molar-refractivity contribution in [3.8, 4) is 0 Å². The van der Waals surface area contributed by atoms with E-state index in [0.717, 1.165) is 57.9 Å². The Bertz CT molecular complexity index is 317. The fourth-order valence-corrected chi connectivity index (χ4v) is 3.07. The fraction of sp³-hybridized carbons (Fsp3) is 0.938. The number of amides is 1. The predicted octanol–water partition coefficient (Wildman–Crippen LogP) is 1.37. The first-order valence-corrected chi connectivity index (χ1v) is 8.17. The Labute approximate surface area is 129 Å². The van der Waals surface area contributed by atoms with E-state index in [0.29, 0.717) is 0 Å². The summed E-state index contributed by atoms with van der Waals surface area (Å²) >= 11 is 0. The monoisotopic (exact) mass is 299 g/mol. The van der Waals surface area contributed by atoms with Gasteiger partial charge in [0.1, 0.15) is 0 Å². The lowest BCUT2D eigenvalue weighted by Gasteiger charge is -2.31. The molecule has 1 rings (SSSR count). The summed E-state index contributed by atoms with van der Waals surface area (Å²) in [5, 5.41) is 3.30. The molecule has 1 amide bonds. The molecule has 1 fully saturated rings. The van der Waals surface area contributed by atoms with E-state index in [9.17, 15) is 4.79 Å². The van der Waals surface area contributed by atoms with Crippen molar-refractivity contribution >= 4 is 5.91 Å². The number of hydrogen-bond acceptors (Lipinski definition) is 4. The maximum absolute atomic E-state index is 11.7. The summed E-state index contributed by atoms with van der Waals surface area (Å²) in [6, 6.07) is 0.252. The lowest BCUT2D eigenvalue weighted by atomic mass is 9.93. The SMILES string of the molecule is CC(C)NC(C)(CCCN(C)CC1CCOCC1)C(N)=O. The molecule has 0 aromatic carbocycles. The number of nitrogens with zero attached hydrogens (tertiary/aromatic N) is 1. The van der Waals surface area contributed by atoms with Gasteiger partial charge >= 0.3 is 0 Å². The minimum atomic E-state index is -0.603. The summed E-state index contributed by atoms with van der Waals surface area (Å²) in [4.78, 5) is 14.0. The zero-order valence-electron chi connectivity index (χ0n) is 14.2. The molecule has 0 aromatic heterocycles. The average Bonchev–Trinajstić information content (AvgIpc) is 2.38. The lowest BCUT2D eigenvalue weighted by molar-refractivity contribution is -0.124. The third kappa shape index (κ3) is 6.76. The van der Waals surface area contributed by atoms with Crippen LogP contribution in [-0.4, -0.2) is 55.7 Å². The van der Waals surface area contributed by atoms with Crippen LogP contribution in [0, 0.1) is 5.92 Å². The highest BCUT2D eigenvalue weighted by Crippen LogP contribution is 2.17. The van der Waals surface area contributed by atoms with Gasteiger partial charge in [-0.15, -0.1) is 0 Å². The molecule has 5 heteroatoms. The van der Waals surface area contributed by atoms with Crippen LogP contribution < -0.4 is 11.1 Å². The number of rotatable bonds is 9. The standard InChI is InChI=1S/C16H33N3O2/c1-13(2)18-16(3,15(17)20)8-5-9-19(4)12-14-6-10-21-11-7-14/h13-14,18H,5-12H2,1-4H3,(H2,17,20). The van der Waals surface area contributed by atoms with E-state index in [2.05, 4.69) is 17.3 Å². The Morgan fingerprint density at radius 3 is 2.57 bits per heavy atom. The molecule has 0 bridgehead atoms. The van der Waals surface area contributed by atoms with Crippen molar-refractivity contribution in [3.63, 3.8) is 0 Å².